The third kappa shape index (κ3) is 4.85. The highest BCUT2D eigenvalue weighted by Crippen LogP contribution is 2.19. The van der Waals surface area contributed by atoms with E-state index in [1.807, 2.05) is 12.1 Å². The molecule has 0 atom stereocenters. The lowest BCUT2D eigenvalue weighted by atomic mass is 10.3. The molecule has 0 unspecified atom stereocenters. The number of hydrogen-bond acceptors (Lipinski definition) is 7. The molecule has 2 aromatic rings. The largest absolute Gasteiger partial charge is 0.481 e. The molecule has 0 aliphatic carbocycles. The van der Waals surface area contributed by atoms with Crippen molar-refractivity contribution in [2.24, 2.45) is 4.99 Å². The number of aliphatic imine (C=N–C) groups is 1. The number of aryl methyl sites for hydroxylation is 1. The maximum atomic E-state index is 5.32. The zero-order valence-electron chi connectivity index (χ0n) is 16.2. The molecule has 0 radical (unpaired) electrons. The zero-order valence-corrected chi connectivity index (χ0v) is 17.0. The predicted molar refractivity (Wildman–Crippen MR) is 109 cm³/mol. The van der Waals surface area contributed by atoms with Crippen LogP contribution in [0.15, 0.2) is 23.3 Å². The molecule has 0 saturated carbocycles. The van der Waals surface area contributed by atoms with E-state index < -0.39 is 0 Å². The molecule has 2 aromatic heterocycles. The average Bonchev–Trinajstić information content (AvgIpc) is 3.21. The van der Waals surface area contributed by atoms with E-state index in [0.717, 1.165) is 61.6 Å². The second-order valence-electron chi connectivity index (χ2n) is 6.16. The van der Waals surface area contributed by atoms with Gasteiger partial charge in [0.05, 0.1) is 13.7 Å². The molecule has 3 heterocycles. The molecule has 0 bridgehead atoms. The van der Waals surface area contributed by atoms with Gasteiger partial charge in [-0.05, 0) is 13.0 Å². The van der Waals surface area contributed by atoms with Crippen molar-refractivity contribution in [1.29, 1.82) is 0 Å². The Bertz CT molecular complexity index is 756. The van der Waals surface area contributed by atoms with E-state index in [0.29, 0.717) is 12.4 Å². The van der Waals surface area contributed by atoms with Gasteiger partial charge in [0.15, 0.2) is 5.96 Å². The molecular weight excluding hydrogens is 362 g/mol. The molecule has 0 spiro atoms. The first kappa shape index (κ1) is 19.3. The smallest absolute Gasteiger partial charge is 0.218 e. The Morgan fingerprint density at radius 3 is 2.78 bits per heavy atom. The van der Waals surface area contributed by atoms with Crippen molar-refractivity contribution in [3.63, 3.8) is 0 Å². The van der Waals surface area contributed by atoms with Crippen LogP contribution in [0.1, 0.15) is 25.2 Å². The molecule has 9 heteroatoms. The molecule has 1 aliphatic rings. The molecule has 27 heavy (non-hydrogen) atoms. The molecular formula is C18H27N7OS. The van der Waals surface area contributed by atoms with E-state index in [1.165, 1.54) is 11.5 Å². The number of rotatable bonds is 6. The second kappa shape index (κ2) is 9.50. The van der Waals surface area contributed by atoms with E-state index >= 15 is 0 Å². The fourth-order valence-corrected chi connectivity index (χ4v) is 3.74. The lowest BCUT2D eigenvalue weighted by Crippen LogP contribution is -2.52. The Morgan fingerprint density at radius 2 is 2.11 bits per heavy atom. The minimum absolute atomic E-state index is 0.538. The van der Waals surface area contributed by atoms with Gasteiger partial charge in [0.1, 0.15) is 5.82 Å². The normalized spacial score (nSPS) is 15.1. The van der Waals surface area contributed by atoms with Gasteiger partial charge in [-0.3, -0.25) is 0 Å². The number of hydrogen-bond donors (Lipinski definition) is 1. The first-order valence-corrected chi connectivity index (χ1v) is 10.1. The second-order valence-corrected chi connectivity index (χ2v) is 6.89. The van der Waals surface area contributed by atoms with Crippen molar-refractivity contribution >= 4 is 22.6 Å². The third-order valence-electron chi connectivity index (χ3n) is 4.40. The topological polar surface area (TPSA) is 78.8 Å². The Balaban J connectivity index is 1.63. The number of piperazine rings is 1. The summed E-state index contributed by atoms with van der Waals surface area (Å²) in [5.74, 6) is 2.48. The molecule has 1 saturated heterocycles. The number of aromatic nitrogens is 3. The Hall–Kier alpha value is -2.42. The maximum absolute atomic E-state index is 5.32. The summed E-state index contributed by atoms with van der Waals surface area (Å²) >= 11 is 1.49. The number of guanidine groups is 1. The molecule has 3 rings (SSSR count). The van der Waals surface area contributed by atoms with Crippen LogP contribution in [0, 0.1) is 0 Å². The van der Waals surface area contributed by atoms with Gasteiger partial charge >= 0.3 is 0 Å². The monoisotopic (exact) mass is 389 g/mol. The summed E-state index contributed by atoms with van der Waals surface area (Å²) in [6.07, 6.45) is 2.61. The van der Waals surface area contributed by atoms with Crippen molar-refractivity contribution in [1.82, 2.24) is 24.6 Å². The van der Waals surface area contributed by atoms with Crippen LogP contribution in [0.5, 0.6) is 5.88 Å². The quantitative estimate of drug-likeness (QED) is 0.596. The van der Waals surface area contributed by atoms with Crippen molar-refractivity contribution in [2.75, 3.05) is 44.7 Å². The summed E-state index contributed by atoms with van der Waals surface area (Å²) in [5, 5.41) is 4.42. The summed E-state index contributed by atoms with van der Waals surface area (Å²) < 4.78 is 9.72. The summed E-state index contributed by atoms with van der Waals surface area (Å²) in [4.78, 5) is 18.2. The molecule has 1 aliphatic heterocycles. The lowest BCUT2D eigenvalue weighted by Gasteiger charge is -2.36. The maximum Gasteiger partial charge on any atom is 0.218 e. The van der Waals surface area contributed by atoms with Gasteiger partial charge in [0.2, 0.25) is 11.0 Å². The van der Waals surface area contributed by atoms with Crippen LogP contribution in [-0.2, 0) is 13.0 Å². The zero-order chi connectivity index (χ0) is 19.1. The number of nitrogens with one attached hydrogen (secondary N) is 1. The van der Waals surface area contributed by atoms with Crippen LogP contribution in [0.25, 0.3) is 0 Å². The highest BCUT2D eigenvalue weighted by Gasteiger charge is 2.22. The first-order valence-electron chi connectivity index (χ1n) is 9.33. The molecule has 1 fully saturated rings. The van der Waals surface area contributed by atoms with E-state index in [2.05, 4.69) is 43.3 Å². The third-order valence-corrected chi connectivity index (χ3v) is 5.22. The SMILES string of the molecule is CCNC(=NCc1cccnc1OC)N1CCN(c2nc(CC)ns2)CC1. The van der Waals surface area contributed by atoms with E-state index in [9.17, 15) is 0 Å². The molecule has 146 valence electrons. The summed E-state index contributed by atoms with van der Waals surface area (Å²) in [6.45, 7) is 9.17. The highest BCUT2D eigenvalue weighted by molar-refractivity contribution is 7.09. The van der Waals surface area contributed by atoms with Gasteiger partial charge in [-0.2, -0.15) is 4.37 Å². The predicted octanol–water partition coefficient (Wildman–Crippen LogP) is 1.79. The summed E-state index contributed by atoms with van der Waals surface area (Å²) in [5.41, 5.74) is 0.981. The van der Waals surface area contributed by atoms with Gasteiger partial charge < -0.3 is 19.9 Å². The number of nitrogens with zero attached hydrogens (tertiary/aromatic N) is 6. The van der Waals surface area contributed by atoms with E-state index in [1.54, 1.807) is 13.3 Å². The number of methoxy groups -OCH3 is 1. The van der Waals surface area contributed by atoms with Gasteiger partial charge in [-0.15, -0.1) is 0 Å². The van der Waals surface area contributed by atoms with Crippen LogP contribution in [-0.4, -0.2) is 65.0 Å². The first-order chi connectivity index (χ1) is 13.2. The van der Waals surface area contributed by atoms with Crippen LogP contribution in [0.3, 0.4) is 0 Å². The Morgan fingerprint density at radius 1 is 1.30 bits per heavy atom. The number of ether oxygens (including phenoxy) is 1. The van der Waals surface area contributed by atoms with Crippen LogP contribution in [0.4, 0.5) is 5.13 Å². The van der Waals surface area contributed by atoms with E-state index in [4.69, 9.17) is 9.73 Å². The summed E-state index contributed by atoms with van der Waals surface area (Å²) in [7, 11) is 1.64. The molecule has 1 N–H and O–H groups in total. The van der Waals surface area contributed by atoms with Crippen LogP contribution >= 0.6 is 11.5 Å². The van der Waals surface area contributed by atoms with Crippen molar-refractivity contribution < 1.29 is 4.74 Å². The fraction of sp³-hybridized carbons (Fsp3) is 0.556. The van der Waals surface area contributed by atoms with Crippen LogP contribution in [0.2, 0.25) is 0 Å². The van der Waals surface area contributed by atoms with Crippen molar-refractivity contribution in [2.45, 2.75) is 26.8 Å². The minimum Gasteiger partial charge on any atom is -0.481 e. The Kier molecular flexibility index (Phi) is 6.80. The summed E-state index contributed by atoms with van der Waals surface area (Å²) in [6, 6.07) is 3.91. The van der Waals surface area contributed by atoms with Gasteiger partial charge in [-0.1, -0.05) is 13.0 Å². The van der Waals surface area contributed by atoms with Crippen molar-refractivity contribution in [3.8, 4) is 5.88 Å². The lowest BCUT2D eigenvalue weighted by molar-refractivity contribution is 0.371. The number of pyridine rings is 1. The standard InChI is InChI=1S/C18H27N7OS/c1-4-15-22-18(27-23-15)25-11-9-24(10-12-25)17(19-5-2)21-13-14-7-6-8-20-16(14)26-3/h6-8H,4-5,9-13H2,1-3H3,(H,19,21). The average molecular weight is 390 g/mol. The van der Waals surface area contributed by atoms with Gasteiger partial charge in [0.25, 0.3) is 0 Å². The fourth-order valence-electron chi connectivity index (χ4n) is 2.94. The number of anilines is 1. The molecule has 0 amide bonds. The van der Waals surface area contributed by atoms with Crippen molar-refractivity contribution in [3.05, 3.63) is 29.7 Å². The van der Waals surface area contributed by atoms with E-state index in [-0.39, 0.29) is 0 Å². The molecule has 8 nitrogen and oxygen atoms in total. The van der Waals surface area contributed by atoms with Gasteiger partial charge in [-0.25, -0.2) is 15.0 Å². The highest BCUT2D eigenvalue weighted by atomic mass is 32.1. The Labute approximate surface area is 164 Å². The van der Waals surface area contributed by atoms with Crippen LogP contribution < -0.4 is 15.0 Å². The minimum atomic E-state index is 0.538. The molecule has 0 aromatic carbocycles. The van der Waals surface area contributed by atoms with Gasteiger partial charge in [0, 0.05) is 62.4 Å².